The molecule has 0 aromatic heterocycles. The predicted octanol–water partition coefficient (Wildman–Crippen LogP) is 2.52. The number of hydrogen-bond donors (Lipinski definition) is 0. The van der Waals surface area contributed by atoms with Crippen LogP contribution in [0.1, 0.15) is 24.8 Å². The van der Waals surface area contributed by atoms with Crippen molar-refractivity contribution in [3.63, 3.8) is 0 Å². The van der Waals surface area contributed by atoms with E-state index >= 15 is 0 Å². The standard InChI is InChI=1S/C16H19NO2/c1-19-16(18)14-10-13-8-5-9-15(14)17(13)11-12-6-3-2-4-7-12/h2-4,6-7,10,13,15H,5,8-9,11H2,1H3/t13-,15+/m1/s1. The first-order chi connectivity index (χ1) is 9.29. The maximum atomic E-state index is 11.8. The maximum Gasteiger partial charge on any atom is 0.335 e. The quantitative estimate of drug-likeness (QED) is 0.779. The Morgan fingerprint density at radius 3 is 2.84 bits per heavy atom. The van der Waals surface area contributed by atoms with Crippen molar-refractivity contribution in [1.82, 2.24) is 4.90 Å². The summed E-state index contributed by atoms with van der Waals surface area (Å²) in [4.78, 5) is 14.3. The predicted molar refractivity (Wildman–Crippen MR) is 73.5 cm³/mol. The Kier molecular flexibility index (Phi) is 3.38. The molecule has 0 radical (unpaired) electrons. The van der Waals surface area contributed by atoms with Crippen LogP contribution in [-0.2, 0) is 16.1 Å². The van der Waals surface area contributed by atoms with Gasteiger partial charge in [-0.1, -0.05) is 36.4 Å². The van der Waals surface area contributed by atoms with Gasteiger partial charge in [0.25, 0.3) is 0 Å². The minimum atomic E-state index is -0.160. The molecule has 2 aliphatic rings. The lowest BCUT2D eigenvalue weighted by atomic mass is 9.98. The van der Waals surface area contributed by atoms with Gasteiger partial charge >= 0.3 is 5.97 Å². The molecule has 1 aromatic rings. The van der Waals surface area contributed by atoms with Crippen molar-refractivity contribution in [2.45, 2.75) is 37.9 Å². The molecule has 2 bridgehead atoms. The zero-order valence-corrected chi connectivity index (χ0v) is 11.2. The van der Waals surface area contributed by atoms with Crippen LogP contribution in [0.2, 0.25) is 0 Å². The number of carbonyl (C=O) groups excluding carboxylic acids is 1. The Labute approximate surface area is 113 Å². The molecule has 0 spiro atoms. The van der Waals surface area contributed by atoms with E-state index in [-0.39, 0.29) is 12.0 Å². The first-order valence-electron chi connectivity index (χ1n) is 6.89. The minimum absolute atomic E-state index is 0.160. The van der Waals surface area contributed by atoms with E-state index in [1.165, 1.54) is 19.1 Å². The van der Waals surface area contributed by atoms with Crippen LogP contribution in [0.15, 0.2) is 42.0 Å². The van der Waals surface area contributed by atoms with Gasteiger partial charge in [-0.15, -0.1) is 0 Å². The minimum Gasteiger partial charge on any atom is -0.466 e. The Balaban J connectivity index is 1.80. The monoisotopic (exact) mass is 257 g/mol. The van der Waals surface area contributed by atoms with E-state index in [9.17, 15) is 4.79 Å². The average molecular weight is 257 g/mol. The lowest BCUT2D eigenvalue weighted by Gasteiger charge is -2.35. The molecule has 0 aliphatic carbocycles. The fraction of sp³-hybridized carbons (Fsp3) is 0.438. The third kappa shape index (κ3) is 2.30. The Hall–Kier alpha value is -1.61. The third-order valence-electron chi connectivity index (χ3n) is 4.16. The van der Waals surface area contributed by atoms with Gasteiger partial charge in [-0.25, -0.2) is 4.79 Å². The summed E-state index contributed by atoms with van der Waals surface area (Å²) >= 11 is 0. The summed E-state index contributed by atoms with van der Waals surface area (Å²) < 4.78 is 4.91. The molecular weight excluding hydrogens is 238 g/mol. The van der Waals surface area contributed by atoms with Crippen LogP contribution in [-0.4, -0.2) is 30.1 Å². The normalized spacial score (nSPS) is 26.1. The Morgan fingerprint density at radius 2 is 2.11 bits per heavy atom. The molecule has 0 saturated carbocycles. The van der Waals surface area contributed by atoms with E-state index in [1.54, 1.807) is 0 Å². The van der Waals surface area contributed by atoms with Gasteiger partial charge < -0.3 is 4.74 Å². The maximum absolute atomic E-state index is 11.8. The third-order valence-corrected chi connectivity index (χ3v) is 4.16. The molecule has 0 N–H and O–H groups in total. The molecule has 100 valence electrons. The molecule has 3 nitrogen and oxygen atoms in total. The van der Waals surface area contributed by atoms with Crippen LogP contribution < -0.4 is 0 Å². The van der Waals surface area contributed by atoms with Crippen molar-refractivity contribution in [3.8, 4) is 0 Å². The lowest BCUT2D eigenvalue weighted by molar-refractivity contribution is -0.136. The van der Waals surface area contributed by atoms with Gasteiger partial charge in [0, 0.05) is 18.6 Å². The summed E-state index contributed by atoms with van der Waals surface area (Å²) in [6, 6.07) is 11.1. The number of benzene rings is 1. The number of esters is 1. The van der Waals surface area contributed by atoms with E-state index in [0.717, 1.165) is 25.0 Å². The average Bonchev–Trinajstić information content (AvgIpc) is 2.65. The van der Waals surface area contributed by atoms with Crippen LogP contribution in [0.5, 0.6) is 0 Å². The largest absolute Gasteiger partial charge is 0.466 e. The summed E-state index contributed by atoms with van der Waals surface area (Å²) in [6.07, 6.45) is 5.51. The van der Waals surface area contributed by atoms with E-state index in [1.807, 2.05) is 6.07 Å². The van der Waals surface area contributed by atoms with E-state index in [4.69, 9.17) is 4.74 Å². The van der Waals surface area contributed by atoms with Crippen molar-refractivity contribution in [3.05, 3.63) is 47.5 Å². The highest BCUT2D eigenvalue weighted by Gasteiger charge is 2.40. The van der Waals surface area contributed by atoms with Crippen molar-refractivity contribution < 1.29 is 9.53 Å². The number of methoxy groups -OCH3 is 1. The number of rotatable bonds is 3. The molecule has 2 heterocycles. The van der Waals surface area contributed by atoms with Gasteiger partial charge in [-0.05, 0) is 24.8 Å². The number of fused-ring (bicyclic) bond motifs is 2. The molecule has 1 fully saturated rings. The molecule has 3 rings (SSSR count). The van der Waals surface area contributed by atoms with Crippen molar-refractivity contribution in [2.24, 2.45) is 0 Å². The van der Waals surface area contributed by atoms with Gasteiger partial charge in [0.05, 0.1) is 12.7 Å². The highest BCUT2D eigenvalue weighted by atomic mass is 16.5. The van der Waals surface area contributed by atoms with Crippen LogP contribution in [0.25, 0.3) is 0 Å². The second-order valence-electron chi connectivity index (χ2n) is 5.29. The molecule has 2 atom stereocenters. The smallest absolute Gasteiger partial charge is 0.335 e. The molecule has 1 saturated heterocycles. The number of hydrogen-bond acceptors (Lipinski definition) is 3. The fourth-order valence-electron chi connectivity index (χ4n) is 3.26. The number of piperidine rings is 1. The van der Waals surface area contributed by atoms with Crippen LogP contribution in [0.3, 0.4) is 0 Å². The summed E-state index contributed by atoms with van der Waals surface area (Å²) in [5.41, 5.74) is 2.17. The van der Waals surface area contributed by atoms with Crippen LogP contribution in [0.4, 0.5) is 0 Å². The summed E-state index contributed by atoms with van der Waals surface area (Å²) in [5, 5.41) is 0. The zero-order valence-electron chi connectivity index (χ0n) is 11.2. The van der Waals surface area contributed by atoms with Gasteiger partial charge in [-0.3, -0.25) is 4.90 Å². The summed E-state index contributed by atoms with van der Waals surface area (Å²) in [5.74, 6) is -0.160. The molecule has 2 aliphatic heterocycles. The lowest BCUT2D eigenvalue weighted by Crippen LogP contribution is -2.41. The fourth-order valence-corrected chi connectivity index (χ4v) is 3.26. The summed E-state index contributed by atoms with van der Waals surface area (Å²) in [6.45, 7) is 0.910. The van der Waals surface area contributed by atoms with E-state index in [2.05, 4.69) is 35.2 Å². The molecule has 0 amide bonds. The zero-order chi connectivity index (χ0) is 13.2. The van der Waals surface area contributed by atoms with Gasteiger partial charge in [0.15, 0.2) is 0 Å². The first-order valence-corrected chi connectivity index (χ1v) is 6.89. The number of ether oxygens (including phenoxy) is 1. The van der Waals surface area contributed by atoms with Crippen molar-refractivity contribution >= 4 is 5.97 Å². The van der Waals surface area contributed by atoms with Crippen molar-refractivity contribution in [1.29, 1.82) is 0 Å². The molecule has 1 aromatic carbocycles. The van der Waals surface area contributed by atoms with Crippen LogP contribution >= 0.6 is 0 Å². The molecular formula is C16H19NO2. The highest BCUT2D eigenvalue weighted by molar-refractivity contribution is 5.90. The van der Waals surface area contributed by atoms with Crippen LogP contribution in [0, 0.1) is 0 Å². The number of nitrogens with zero attached hydrogens (tertiary/aromatic N) is 1. The summed E-state index contributed by atoms with van der Waals surface area (Å²) in [7, 11) is 1.47. The first kappa shape index (κ1) is 12.4. The SMILES string of the molecule is COC(=O)C1=C[C@H]2CCC[C@@H]1N2Cc1ccccc1. The Morgan fingerprint density at radius 1 is 1.32 bits per heavy atom. The highest BCUT2D eigenvalue weighted by Crippen LogP contribution is 2.36. The van der Waals surface area contributed by atoms with E-state index < -0.39 is 0 Å². The second kappa shape index (κ2) is 5.17. The van der Waals surface area contributed by atoms with Crippen molar-refractivity contribution in [2.75, 3.05) is 7.11 Å². The molecule has 0 unspecified atom stereocenters. The van der Waals surface area contributed by atoms with E-state index in [0.29, 0.717) is 6.04 Å². The topological polar surface area (TPSA) is 29.5 Å². The van der Waals surface area contributed by atoms with Gasteiger partial charge in [0.2, 0.25) is 0 Å². The Bertz CT molecular complexity index is 495. The van der Waals surface area contributed by atoms with Gasteiger partial charge in [0.1, 0.15) is 0 Å². The molecule has 19 heavy (non-hydrogen) atoms. The number of carbonyl (C=O) groups is 1. The molecule has 3 heteroatoms. The van der Waals surface area contributed by atoms with Gasteiger partial charge in [-0.2, -0.15) is 0 Å². The second-order valence-corrected chi connectivity index (χ2v) is 5.29.